The first-order chi connectivity index (χ1) is 12.9. The summed E-state index contributed by atoms with van der Waals surface area (Å²) in [6, 6.07) is 3.15. The van der Waals surface area contributed by atoms with Gasteiger partial charge < -0.3 is 5.32 Å². The van der Waals surface area contributed by atoms with Crippen LogP contribution < -0.4 is 26.6 Å². The van der Waals surface area contributed by atoms with Crippen LogP contribution in [0, 0.1) is 11.8 Å². The second-order valence-corrected chi connectivity index (χ2v) is 6.32. The minimum atomic E-state index is -1.27. The fraction of sp³-hybridized carbons (Fsp3) is 0.250. The second kappa shape index (κ2) is 5.99. The molecule has 2 saturated heterocycles. The Hall–Kier alpha value is -3.60. The van der Waals surface area contributed by atoms with E-state index in [-0.39, 0.29) is 0 Å². The topological polar surface area (TPSA) is 163 Å². The third kappa shape index (κ3) is 2.64. The molecule has 11 nitrogen and oxygen atoms in total. The van der Waals surface area contributed by atoms with Crippen molar-refractivity contribution in [3.8, 4) is 0 Å². The van der Waals surface area contributed by atoms with E-state index >= 15 is 0 Å². The molecule has 1 aromatic rings. The van der Waals surface area contributed by atoms with Crippen LogP contribution >= 0.6 is 0 Å². The zero-order valence-electron chi connectivity index (χ0n) is 13.6. The van der Waals surface area contributed by atoms with Gasteiger partial charge in [0.25, 0.3) is 0 Å². The minimum Gasteiger partial charge on any atom is -0.301 e. The summed E-state index contributed by atoms with van der Waals surface area (Å²) in [5.74, 6) is -5.70. The van der Waals surface area contributed by atoms with Crippen LogP contribution in [0.5, 0.6) is 0 Å². The summed E-state index contributed by atoms with van der Waals surface area (Å²) < 4.78 is 0. The van der Waals surface area contributed by atoms with Crippen LogP contribution in [0.4, 0.5) is 9.59 Å². The van der Waals surface area contributed by atoms with Crippen molar-refractivity contribution < 1.29 is 28.8 Å². The molecule has 2 unspecified atom stereocenters. The fourth-order valence-corrected chi connectivity index (χ4v) is 3.67. The summed E-state index contributed by atoms with van der Waals surface area (Å²) >= 11 is 0. The number of hydrogen-bond donors (Lipinski definition) is 5. The molecule has 3 aliphatic heterocycles. The summed E-state index contributed by atoms with van der Waals surface area (Å²) in [4.78, 5) is 71.5. The molecule has 3 aliphatic rings. The predicted molar refractivity (Wildman–Crippen MR) is 85.4 cm³/mol. The molecule has 4 rings (SSSR count). The number of hydrogen-bond acceptors (Lipinski definition) is 7. The lowest BCUT2D eigenvalue weighted by Gasteiger charge is -2.29. The molecule has 27 heavy (non-hydrogen) atoms. The molecule has 138 valence electrons. The molecule has 0 bridgehead atoms. The van der Waals surface area contributed by atoms with Crippen LogP contribution in [0.1, 0.15) is 23.2 Å². The monoisotopic (exact) mass is 371 g/mol. The lowest BCUT2D eigenvalue weighted by atomic mass is 9.88. The number of rotatable bonds is 2. The van der Waals surface area contributed by atoms with E-state index in [2.05, 4.69) is 5.32 Å². The van der Waals surface area contributed by atoms with Crippen molar-refractivity contribution in [2.24, 2.45) is 11.8 Å². The Morgan fingerprint density at radius 3 is 1.22 bits per heavy atom. The average Bonchev–Trinajstić information content (AvgIpc) is 2.93. The predicted octanol–water partition coefficient (Wildman–Crippen LogP) is -1.66. The van der Waals surface area contributed by atoms with Gasteiger partial charge in [-0.25, -0.2) is 9.59 Å². The quantitative estimate of drug-likeness (QED) is 0.388. The fourth-order valence-electron chi connectivity index (χ4n) is 3.67. The summed E-state index contributed by atoms with van der Waals surface area (Å²) in [5, 5.41) is 11.1. The Bertz CT molecular complexity index is 815. The zero-order valence-corrected chi connectivity index (χ0v) is 13.6. The maximum Gasteiger partial charge on any atom is 0.328 e. The number of benzene rings is 1. The molecule has 3 heterocycles. The number of carbonyl (C=O) groups is 6. The van der Waals surface area contributed by atoms with E-state index < -0.39 is 59.6 Å². The van der Waals surface area contributed by atoms with Gasteiger partial charge in [0.05, 0.1) is 12.1 Å². The molecule has 8 amide bonds. The molecule has 0 aliphatic carbocycles. The highest BCUT2D eigenvalue weighted by Crippen LogP contribution is 2.41. The smallest absolute Gasteiger partial charge is 0.301 e. The molecule has 0 radical (unpaired) electrons. The third-order valence-electron chi connectivity index (χ3n) is 4.77. The molecule has 5 N–H and O–H groups in total. The second-order valence-electron chi connectivity index (χ2n) is 6.32. The first-order valence-electron chi connectivity index (χ1n) is 8.03. The van der Waals surface area contributed by atoms with Gasteiger partial charge in [-0.05, 0) is 11.1 Å². The van der Waals surface area contributed by atoms with Crippen molar-refractivity contribution in [3.63, 3.8) is 0 Å². The van der Waals surface area contributed by atoms with Gasteiger partial charge in [0.1, 0.15) is 11.8 Å². The third-order valence-corrected chi connectivity index (χ3v) is 4.77. The van der Waals surface area contributed by atoms with Crippen LogP contribution in [-0.2, 0) is 19.2 Å². The van der Waals surface area contributed by atoms with Gasteiger partial charge in [-0.1, -0.05) is 24.3 Å². The molecule has 2 fully saturated rings. The van der Waals surface area contributed by atoms with Crippen molar-refractivity contribution in [1.29, 1.82) is 0 Å². The summed E-state index contributed by atoms with van der Waals surface area (Å²) in [7, 11) is 0. The first kappa shape index (κ1) is 16.8. The SMILES string of the molecule is O=C1NC(=O)C(C2NC(C3C(=O)NC(=O)NC3=O)c3ccccc32)C(=O)N1. The zero-order chi connectivity index (χ0) is 19.3. The highest BCUT2D eigenvalue weighted by Gasteiger charge is 2.50. The van der Waals surface area contributed by atoms with Gasteiger partial charge in [-0.2, -0.15) is 0 Å². The Balaban J connectivity index is 1.72. The Morgan fingerprint density at radius 2 is 0.889 bits per heavy atom. The number of nitrogens with one attached hydrogen (secondary N) is 5. The molecule has 11 heteroatoms. The molecular weight excluding hydrogens is 358 g/mol. The molecule has 1 aromatic carbocycles. The maximum absolute atomic E-state index is 12.2. The highest BCUT2D eigenvalue weighted by molar-refractivity contribution is 6.17. The van der Waals surface area contributed by atoms with Crippen LogP contribution in [0.2, 0.25) is 0 Å². The van der Waals surface area contributed by atoms with Crippen molar-refractivity contribution >= 4 is 35.7 Å². The number of barbiturate groups is 2. The number of imide groups is 4. The molecular formula is C16H13N5O6. The largest absolute Gasteiger partial charge is 0.328 e. The standard InChI is InChI=1S/C16H13N5O6/c22-11-7(12(23)19-15(26)18-11)9-5-3-1-2-4-6(5)10(17-9)8-13(24)20-16(27)21-14(8)25/h1-4,7-10,17H,(H2,18,19,22,23,26)(H2,20,21,24,25,27). The van der Waals surface area contributed by atoms with Gasteiger partial charge in [0, 0.05) is 0 Å². The Labute approximate surface area is 151 Å². The van der Waals surface area contributed by atoms with Crippen molar-refractivity contribution in [2.75, 3.05) is 0 Å². The highest BCUT2D eigenvalue weighted by atomic mass is 16.2. The van der Waals surface area contributed by atoms with Gasteiger partial charge >= 0.3 is 12.1 Å². The Morgan fingerprint density at radius 1 is 0.556 bits per heavy atom. The lowest BCUT2D eigenvalue weighted by molar-refractivity contribution is -0.137. The average molecular weight is 371 g/mol. The van der Waals surface area contributed by atoms with Crippen LogP contribution in [0.15, 0.2) is 24.3 Å². The normalized spacial score (nSPS) is 26.2. The summed E-state index contributed by atoms with van der Waals surface area (Å²) in [5.41, 5.74) is 1.09. The van der Waals surface area contributed by atoms with E-state index in [1.165, 1.54) is 0 Å². The van der Waals surface area contributed by atoms with E-state index in [1.807, 2.05) is 21.3 Å². The van der Waals surface area contributed by atoms with E-state index in [4.69, 9.17) is 0 Å². The lowest BCUT2D eigenvalue weighted by Crippen LogP contribution is -2.60. The number of urea groups is 2. The van der Waals surface area contributed by atoms with Gasteiger partial charge in [0.2, 0.25) is 23.6 Å². The van der Waals surface area contributed by atoms with E-state index in [9.17, 15) is 28.8 Å². The number of amides is 8. The molecule has 0 aromatic heterocycles. The minimum absolute atomic E-state index is 0.546. The number of carbonyl (C=O) groups excluding carboxylic acids is 6. The van der Waals surface area contributed by atoms with Gasteiger partial charge in [0.15, 0.2) is 0 Å². The van der Waals surface area contributed by atoms with Crippen molar-refractivity contribution in [1.82, 2.24) is 26.6 Å². The van der Waals surface area contributed by atoms with Gasteiger partial charge in [-0.15, -0.1) is 0 Å². The summed E-state index contributed by atoms with van der Waals surface area (Å²) in [6.07, 6.45) is 0. The van der Waals surface area contributed by atoms with Crippen molar-refractivity contribution in [3.05, 3.63) is 35.4 Å². The van der Waals surface area contributed by atoms with E-state index in [1.54, 1.807) is 24.3 Å². The van der Waals surface area contributed by atoms with E-state index in [0.29, 0.717) is 11.1 Å². The molecule has 0 spiro atoms. The first-order valence-corrected chi connectivity index (χ1v) is 8.03. The Kier molecular flexibility index (Phi) is 3.73. The van der Waals surface area contributed by atoms with Crippen LogP contribution in [-0.4, -0.2) is 35.7 Å². The van der Waals surface area contributed by atoms with Gasteiger partial charge in [-0.3, -0.25) is 40.4 Å². The number of fused-ring (bicyclic) bond motifs is 1. The molecule has 2 atom stereocenters. The van der Waals surface area contributed by atoms with E-state index in [0.717, 1.165) is 0 Å². The van der Waals surface area contributed by atoms with Crippen LogP contribution in [0.3, 0.4) is 0 Å². The van der Waals surface area contributed by atoms with Crippen molar-refractivity contribution in [2.45, 2.75) is 12.1 Å². The molecule has 0 saturated carbocycles. The maximum atomic E-state index is 12.2. The summed E-state index contributed by atoms with van der Waals surface area (Å²) in [6.45, 7) is 0. The van der Waals surface area contributed by atoms with Crippen LogP contribution in [0.25, 0.3) is 0 Å².